The average molecular weight is 264 g/mol. The number of aliphatic hydroxyl groups is 1. The molecule has 5 heteroatoms. The number of nitrogens with one attached hydrogen (secondary N) is 2. The van der Waals surface area contributed by atoms with E-state index in [1.807, 2.05) is 6.92 Å². The molecular formula is C14H20N2O3. The number of hydrogen-bond acceptors (Lipinski definition) is 3. The molecule has 0 aliphatic heterocycles. The van der Waals surface area contributed by atoms with E-state index in [-0.39, 0.29) is 24.8 Å². The lowest BCUT2D eigenvalue weighted by Gasteiger charge is -2.07. The van der Waals surface area contributed by atoms with Crippen LogP contribution in [0.4, 0.5) is 5.69 Å². The van der Waals surface area contributed by atoms with Crippen LogP contribution >= 0.6 is 0 Å². The molecule has 104 valence electrons. The molecule has 5 nitrogen and oxygen atoms in total. The quantitative estimate of drug-likeness (QED) is 0.699. The summed E-state index contributed by atoms with van der Waals surface area (Å²) in [6.45, 7) is 2.61. The first kappa shape index (κ1) is 15.2. The molecule has 0 saturated heterocycles. The van der Waals surface area contributed by atoms with Crippen molar-refractivity contribution >= 4 is 17.5 Å². The van der Waals surface area contributed by atoms with Gasteiger partial charge in [-0.25, -0.2) is 0 Å². The van der Waals surface area contributed by atoms with Crippen LogP contribution < -0.4 is 10.6 Å². The number of aliphatic hydroxyl groups excluding tert-OH is 1. The summed E-state index contributed by atoms with van der Waals surface area (Å²) >= 11 is 0. The standard InChI is InChI=1S/C14H20N2O3/c1-2-8-15-14(19)11-5-3-6-12(10-11)16-13(18)7-4-9-17/h3,5-6,10,17H,2,4,7-9H2,1H3,(H,15,19)(H,16,18). The van der Waals surface area contributed by atoms with Crippen molar-refractivity contribution in [2.45, 2.75) is 26.2 Å². The lowest BCUT2D eigenvalue weighted by Crippen LogP contribution is -2.24. The third kappa shape index (κ3) is 5.52. The zero-order valence-corrected chi connectivity index (χ0v) is 11.1. The van der Waals surface area contributed by atoms with E-state index < -0.39 is 0 Å². The molecule has 0 atom stereocenters. The van der Waals surface area contributed by atoms with Crippen LogP contribution in [-0.4, -0.2) is 30.1 Å². The van der Waals surface area contributed by atoms with Gasteiger partial charge in [-0.1, -0.05) is 13.0 Å². The van der Waals surface area contributed by atoms with Crippen molar-refractivity contribution in [3.63, 3.8) is 0 Å². The predicted molar refractivity (Wildman–Crippen MR) is 74.0 cm³/mol. The lowest BCUT2D eigenvalue weighted by atomic mass is 10.2. The van der Waals surface area contributed by atoms with Crippen molar-refractivity contribution < 1.29 is 14.7 Å². The first-order chi connectivity index (χ1) is 9.17. The lowest BCUT2D eigenvalue weighted by molar-refractivity contribution is -0.116. The molecule has 0 aromatic heterocycles. The van der Waals surface area contributed by atoms with Crippen molar-refractivity contribution in [1.29, 1.82) is 0 Å². The van der Waals surface area contributed by atoms with Gasteiger partial charge in [-0.15, -0.1) is 0 Å². The van der Waals surface area contributed by atoms with Gasteiger partial charge >= 0.3 is 0 Å². The van der Waals surface area contributed by atoms with Crippen molar-refractivity contribution in [2.24, 2.45) is 0 Å². The van der Waals surface area contributed by atoms with Crippen LogP contribution in [0.1, 0.15) is 36.5 Å². The van der Waals surface area contributed by atoms with E-state index in [9.17, 15) is 9.59 Å². The number of amides is 2. The average Bonchev–Trinajstić information content (AvgIpc) is 2.42. The Bertz CT molecular complexity index is 432. The molecular weight excluding hydrogens is 244 g/mol. The minimum absolute atomic E-state index is 0.00706. The van der Waals surface area contributed by atoms with Crippen LogP contribution in [0.15, 0.2) is 24.3 Å². The molecule has 0 heterocycles. The number of benzene rings is 1. The fraction of sp³-hybridized carbons (Fsp3) is 0.429. The first-order valence-corrected chi connectivity index (χ1v) is 6.46. The fourth-order valence-electron chi connectivity index (χ4n) is 1.54. The molecule has 3 N–H and O–H groups in total. The number of carbonyl (C=O) groups excluding carboxylic acids is 2. The van der Waals surface area contributed by atoms with Crippen LogP contribution in [0.5, 0.6) is 0 Å². The Kier molecular flexibility index (Phi) is 6.60. The minimum atomic E-state index is -0.167. The summed E-state index contributed by atoms with van der Waals surface area (Å²) in [5.41, 5.74) is 1.11. The monoisotopic (exact) mass is 264 g/mol. The van der Waals surface area contributed by atoms with E-state index in [2.05, 4.69) is 10.6 Å². The van der Waals surface area contributed by atoms with E-state index in [0.29, 0.717) is 24.2 Å². The molecule has 2 amide bonds. The van der Waals surface area contributed by atoms with E-state index in [0.717, 1.165) is 6.42 Å². The van der Waals surface area contributed by atoms with Gasteiger partial charge in [-0.05, 0) is 31.0 Å². The van der Waals surface area contributed by atoms with Gasteiger partial charge in [0.15, 0.2) is 0 Å². The zero-order valence-electron chi connectivity index (χ0n) is 11.1. The van der Waals surface area contributed by atoms with Crippen LogP contribution in [0.2, 0.25) is 0 Å². The number of anilines is 1. The Balaban J connectivity index is 2.61. The van der Waals surface area contributed by atoms with Crippen molar-refractivity contribution in [1.82, 2.24) is 5.32 Å². The summed E-state index contributed by atoms with van der Waals surface area (Å²) in [6.07, 6.45) is 1.58. The van der Waals surface area contributed by atoms with Gasteiger partial charge in [0, 0.05) is 30.8 Å². The summed E-state index contributed by atoms with van der Waals surface area (Å²) in [4.78, 5) is 23.3. The van der Waals surface area contributed by atoms with E-state index in [1.165, 1.54) is 0 Å². The summed E-state index contributed by atoms with van der Waals surface area (Å²) < 4.78 is 0. The molecule has 0 saturated carbocycles. The van der Waals surface area contributed by atoms with Crippen molar-refractivity contribution in [3.8, 4) is 0 Å². The topological polar surface area (TPSA) is 78.4 Å². The van der Waals surface area contributed by atoms with E-state index in [1.54, 1.807) is 24.3 Å². The van der Waals surface area contributed by atoms with Crippen molar-refractivity contribution in [3.05, 3.63) is 29.8 Å². The maximum absolute atomic E-state index is 11.8. The highest BCUT2D eigenvalue weighted by Gasteiger charge is 2.07. The van der Waals surface area contributed by atoms with Gasteiger partial charge in [0.05, 0.1) is 0 Å². The number of hydrogen-bond donors (Lipinski definition) is 3. The second kappa shape index (κ2) is 8.26. The van der Waals surface area contributed by atoms with Crippen LogP contribution in [0, 0.1) is 0 Å². The Morgan fingerprint density at radius 3 is 2.79 bits per heavy atom. The van der Waals surface area contributed by atoms with Gasteiger partial charge in [0.25, 0.3) is 5.91 Å². The molecule has 1 aromatic rings. The Morgan fingerprint density at radius 2 is 2.11 bits per heavy atom. The second-order valence-electron chi connectivity index (χ2n) is 4.21. The maximum atomic E-state index is 11.8. The molecule has 0 unspecified atom stereocenters. The van der Waals surface area contributed by atoms with Crippen LogP contribution in [0.25, 0.3) is 0 Å². The number of carbonyl (C=O) groups is 2. The molecule has 1 aromatic carbocycles. The predicted octanol–water partition coefficient (Wildman–Crippen LogP) is 1.54. The zero-order chi connectivity index (χ0) is 14.1. The Labute approximate surface area is 113 Å². The second-order valence-corrected chi connectivity index (χ2v) is 4.21. The van der Waals surface area contributed by atoms with Gasteiger partial charge < -0.3 is 15.7 Å². The number of rotatable bonds is 7. The SMILES string of the molecule is CCCNC(=O)c1cccc(NC(=O)CCCO)c1. The molecule has 0 bridgehead atoms. The fourth-order valence-corrected chi connectivity index (χ4v) is 1.54. The molecule has 0 aliphatic carbocycles. The third-order valence-corrected chi connectivity index (χ3v) is 2.51. The van der Waals surface area contributed by atoms with Gasteiger partial charge in [-0.2, -0.15) is 0 Å². The van der Waals surface area contributed by atoms with E-state index in [4.69, 9.17) is 5.11 Å². The smallest absolute Gasteiger partial charge is 0.251 e. The Morgan fingerprint density at radius 1 is 1.32 bits per heavy atom. The summed E-state index contributed by atoms with van der Waals surface area (Å²) in [6, 6.07) is 6.80. The summed E-state index contributed by atoms with van der Waals surface area (Å²) in [5, 5.41) is 14.1. The first-order valence-electron chi connectivity index (χ1n) is 6.46. The molecule has 1 rings (SSSR count). The van der Waals surface area contributed by atoms with Gasteiger partial charge in [-0.3, -0.25) is 9.59 Å². The summed E-state index contributed by atoms with van der Waals surface area (Å²) in [5.74, 6) is -0.312. The maximum Gasteiger partial charge on any atom is 0.251 e. The molecule has 0 radical (unpaired) electrons. The van der Waals surface area contributed by atoms with Gasteiger partial charge in [0.1, 0.15) is 0 Å². The van der Waals surface area contributed by atoms with E-state index >= 15 is 0 Å². The molecule has 0 aliphatic rings. The van der Waals surface area contributed by atoms with Gasteiger partial charge in [0.2, 0.25) is 5.91 Å². The molecule has 0 spiro atoms. The van der Waals surface area contributed by atoms with Crippen LogP contribution in [-0.2, 0) is 4.79 Å². The summed E-state index contributed by atoms with van der Waals surface area (Å²) in [7, 11) is 0. The molecule has 0 fully saturated rings. The minimum Gasteiger partial charge on any atom is -0.396 e. The normalized spacial score (nSPS) is 10.0. The molecule has 19 heavy (non-hydrogen) atoms. The third-order valence-electron chi connectivity index (χ3n) is 2.51. The highest BCUT2D eigenvalue weighted by atomic mass is 16.3. The highest BCUT2D eigenvalue weighted by molar-refractivity contribution is 5.97. The van der Waals surface area contributed by atoms with Crippen molar-refractivity contribution in [2.75, 3.05) is 18.5 Å². The largest absolute Gasteiger partial charge is 0.396 e. The highest BCUT2D eigenvalue weighted by Crippen LogP contribution is 2.11. The Hall–Kier alpha value is -1.88. The van der Waals surface area contributed by atoms with Crippen LogP contribution in [0.3, 0.4) is 0 Å².